The molecule has 0 atom stereocenters. The number of nitro benzene ring substituents is 1. The number of hydrogen-bond donors (Lipinski definition) is 1. The van der Waals surface area contributed by atoms with Crippen LogP contribution in [-0.4, -0.2) is 13.3 Å². The summed E-state index contributed by atoms with van der Waals surface area (Å²) in [5.41, 5.74) is 1.75. The van der Waals surface area contributed by atoms with Crippen LogP contribution < -0.4 is 4.72 Å². The van der Waals surface area contributed by atoms with E-state index >= 15 is 0 Å². The third kappa shape index (κ3) is 4.07. The van der Waals surface area contributed by atoms with Crippen LogP contribution in [0.4, 0.5) is 11.4 Å². The average molecular weight is 334 g/mol. The summed E-state index contributed by atoms with van der Waals surface area (Å²) in [6, 6.07) is 10.9. The Labute approximate surface area is 135 Å². The number of nitrogens with zero attached hydrogens (tertiary/aromatic N) is 1. The lowest BCUT2D eigenvalue weighted by Crippen LogP contribution is -2.13. The quantitative estimate of drug-likeness (QED) is 0.645. The van der Waals surface area contributed by atoms with E-state index < -0.39 is 14.9 Å². The van der Waals surface area contributed by atoms with Crippen LogP contribution in [0.2, 0.25) is 0 Å². The van der Waals surface area contributed by atoms with Crippen LogP contribution in [0.5, 0.6) is 0 Å². The zero-order valence-corrected chi connectivity index (χ0v) is 13.8. The molecule has 2 aromatic rings. The molecule has 0 fully saturated rings. The molecule has 122 valence electrons. The lowest BCUT2D eigenvalue weighted by molar-refractivity contribution is -0.385. The molecule has 23 heavy (non-hydrogen) atoms. The van der Waals surface area contributed by atoms with Gasteiger partial charge in [0.2, 0.25) is 0 Å². The fourth-order valence-electron chi connectivity index (χ4n) is 2.20. The third-order valence-corrected chi connectivity index (χ3v) is 4.81. The summed E-state index contributed by atoms with van der Waals surface area (Å²) in [6.45, 7) is 3.63. The Bertz CT molecular complexity index is 814. The Morgan fingerprint density at radius 2 is 1.78 bits per heavy atom. The fraction of sp³-hybridized carbons (Fsp3) is 0.250. The van der Waals surface area contributed by atoms with E-state index in [-0.39, 0.29) is 10.6 Å². The Balaban J connectivity index is 2.28. The van der Waals surface area contributed by atoms with Crippen molar-refractivity contribution in [1.29, 1.82) is 0 Å². The molecule has 7 heteroatoms. The van der Waals surface area contributed by atoms with Crippen molar-refractivity contribution >= 4 is 21.4 Å². The highest BCUT2D eigenvalue weighted by Gasteiger charge is 2.19. The second kappa shape index (κ2) is 6.78. The minimum atomic E-state index is -3.87. The van der Waals surface area contributed by atoms with Crippen LogP contribution in [-0.2, 0) is 16.4 Å². The summed E-state index contributed by atoms with van der Waals surface area (Å²) in [5, 5.41) is 10.9. The summed E-state index contributed by atoms with van der Waals surface area (Å²) in [4.78, 5) is 10.2. The smallest absolute Gasteiger partial charge is 0.273 e. The second-order valence-electron chi connectivity index (χ2n) is 5.26. The molecule has 0 spiro atoms. The predicted molar refractivity (Wildman–Crippen MR) is 89.1 cm³/mol. The summed E-state index contributed by atoms with van der Waals surface area (Å²) < 4.78 is 27.2. The molecule has 0 saturated heterocycles. The standard InChI is InChI=1S/C16H18N2O4S/c1-3-4-13-6-8-14(9-7-13)17-23(21,22)15-10-5-12(2)16(11-15)18(19)20/h5-11,17H,3-4H2,1-2H3. The van der Waals surface area contributed by atoms with Gasteiger partial charge >= 0.3 is 0 Å². The van der Waals surface area contributed by atoms with Crippen molar-refractivity contribution in [2.75, 3.05) is 4.72 Å². The van der Waals surface area contributed by atoms with E-state index in [9.17, 15) is 18.5 Å². The van der Waals surface area contributed by atoms with Gasteiger partial charge in [-0.05, 0) is 37.1 Å². The highest BCUT2D eigenvalue weighted by Crippen LogP contribution is 2.24. The lowest BCUT2D eigenvalue weighted by atomic mass is 10.1. The van der Waals surface area contributed by atoms with E-state index in [0.29, 0.717) is 11.3 Å². The maximum absolute atomic E-state index is 12.4. The van der Waals surface area contributed by atoms with E-state index in [4.69, 9.17) is 0 Å². The van der Waals surface area contributed by atoms with E-state index in [1.807, 2.05) is 12.1 Å². The highest BCUT2D eigenvalue weighted by atomic mass is 32.2. The molecule has 0 aliphatic carbocycles. The molecule has 0 unspecified atom stereocenters. The Hall–Kier alpha value is -2.41. The minimum absolute atomic E-state index is 0.132. The zero-order chi connectivity index (χ0) is 17.0. The van der Waals surface area contributed by atoms with E-state index in [1.54, 1.807) is 19.1 Å². The Kier molecular flexibility index (Phi) is 5.00. The zero-order valence-electron chi connectivity index (χ0n) is 12.9. The van der Waals surface area contributed by atoms with Gasteiger partial charge in [0, 0.05) is 17.3 Å². The molecule has 0 aliphatic rings. The first-order chi connectivity index (χ1) is 10.8. The highest BCUT2D eigenvalue weighted by molar-refractivity contribution is 7.92. The van der Waals surface area contributed by atoms with Crippen LogP contribution in [0.3, 0.4) is 0 Å². The van der Waals surface area contributed by atoms with Crippen molar-refractivity contribution in [3.63, 3.8) is 0 Å². The van der Waals surface area contributed by atoms with Gasteiger partial charge in [-0.3, -0.25) is 14.8 Å². The largest absolute Gasteiger partial charge is 0.280 e. The Morgan fingerprint density at radius 1 is 1.13 bits per heavy atom. The molecular formula is C16H18N2O4S. The topological polar surface area (TPSA) is 89.3 Å². The summed E-state index contributed by atoms with van der Waals surface area (Å²) >= 11 is 0. The van der Waals surface area contributed by atoms with E-state index in [0.717, 1.165) is 24.5 Å². The van der Waals surface area contributed by atoms with Crippen LogP contribution >= 0.6 is 0 Å². The van der Waals surface area contributed by atoms with Crippen molar-refractivity contribution in [3.8, 4) is 0 Å². The average Bonchev–Trinajstić information content (AvgIpc) is 2.49. The predicted octanol–water partition coefficient (Wildman–Crippen LogP) is 3.66. The monoisotopic (exact) mass is 334 g/mol. The van der Waals surface area contributed by atoms with Gasteiger partial charge in [-0.25, -0.2) is 8.42 Å². The number of rotatable bonds is 6. The normalized spacial score (nSPS) is 11.2. The summed E-state index contributed by atoms with van der Waals surface area (Å²) in [7, 11) is -3.87. The number of sulfonamides is 1. The number of nitro groups is 1. The maximum Gasteiger partial charge on any atom is 0.273 e. The van der Waals surface area contributed by atoms with E-state index in [1.165, 1.54) is 12.1 Å². The molecule has 0 saturated carbocycles. The van der Waals surface area contributed by atoms with Crippen LogP contribution in [0, 0.1) is 17.0 Å². The first-order valence-corrected chi connectivity index (χ1v) is 8.68. The van der Waals surface area contributed by atoms with Gasteiger partial charge in [-0.2, -0.15) is 0 Å². The number of nitrogens with one attached hydrogen (secondary N) is 1. The van der Waals surface area contributed by atoms with Gasteiger partial charge in [-0.1, -0.05) is 31.5 Å². The third-order valence-electron chi connectivity index (χ3n) is 3.43. The van der Waals surface area contributed by atoms with Crippen molar-refractivity contribution < 1.29 is 13.3 Å². The summed E-state index contributed by atoms with van der Waals surface area (Å²) in [5.74, 6) is 0. The second-order valence-corrected chi connectivity index (χ2v) is 6.94. The molecule has 0 bridgehead atoms. The van der Waals surface area contributed by atoms with E-state index in [2.05, 4.69) is 11.6 Å². The molecule has 0 heterocycles. The first kappa shape index (κ1) is 17.0. The van der Waals surface area contributed by atoms with Gasteiger partial charge in [0.1, 0.15) is 0 Å². The van der Waals surface area contributed by atoms with Crippen LogP contribution in [0.1, 0.15) is 24.5 Å². The lowest BCUT2D eigenvalue weighted by Gasteiger charge is -2.09. The molecule has 0 aliphatic heterocycles. The number of aryl methyl sites for hydroxylation is 2. The number of anilines is 1. The SMILES string of the molecule is CCCc1ccc(NS(=O)(=O)c2ccc(C)c([N+](=O)[O-])c2)cc1. The van der Waals surface area contributed by atoms with Gasteiger partial charge in [0.25, 0.3) is 15.7 Å². The van der Waals surface area contributed by atoms with Crippen LogP contribution in [0.25, 0.3) is 0 Å². The van der Waals surface area contributed by atoms with Crippen molar-refractivity contribution in [3.05, 3.63) is 63.7 Å². The molecule has 1 N–H and O–H groups in total. The first-order valence-electron chi connectivity index (χ1n) is 7.20. The van der Waals surface area contributed by atoms with Gasteiger partial charge in [-0.15, -0.1) is 0 Å². The Morgan fingerprint density at radius 3 is 2.35 bits per heavy atom. The molecule has 0 radical (unpaired) electrons. The summed E-state index contributed by atoms with van der Waals surface area (Å²) in [6.07, 6.45) is 1.94. The van der Waals surface area contributed by atoms with Crippen LogP contribution in [0.15, 0.2) is 47.4 Å². The van der Waals surface area contributed by atoms with Crippen molar-refractivity contribution in [1.82, 2.24) is 0 Å². The van der Waals surface area contributed by atoms with Gasteiger partial charge in [0.05, 0.1) is 9.82 Å². The molecule has 2 rings (SSSR count). The molecule has 0 amide bonds. The molecular weight excluding hydrogens is 316 g/mol. The van der Waals surface area contributed by atoms with Crippen molar-refractivity contribution in [2.24, 2.45) is 0 Å². The maximum atomic E-state index is 12.4. The van der Waals surface area contributed by atoms with Gasteiger partial charge in [0.15, 0.2) is 0 Å². The fourth-order valence-corrected chi connectivity index (χ4v) is 3.27. The van der Waals surface area contributed by atoms with Gasteiger partial charge < -0.3 is 0 Å². The molecule has 6 nitrogen and oxygen atoms in total. The van der Waals surface area contributed by atoms with Crippen molar-refractivity contribution in [2.45, 2.75) is 31.6 Å². The molecule has 2 aromatic carbocycles. The number of hydrogen-bond acceptors (Lipinski definition) is 4. The molecule has 0 aromatic heterocycles. The minimum Gasteiger partial charge on any atom is -0.280 e. The number of benzene rings is 2.